The van der Waals surface area contributed by atoms with Gasteiger partial charge in [-0.05, 0) is 56.8 Å². The van der Waals surface area contributed by atoms with Crippen molar-refractivity contribution in [3.05, 3.63) is 59.4 Å². The van der Waals surface area contributed by atoms with E-state index in [1.807, 2.05) is 12.1 Å². The molecular weight excluding hydrogens is 319 g/mol. The standard InChI is InChI=1S/C19H23FN4O/c20-17-6-2-1-5-15(17)12-24-8-3-4-14(7-9-24)10-16-11-18(19(21)25)23-13-22-16/h1-2,5-6,11,13-14H,3-4,7-10,12H2,(H2,21,25)/t14-/m1/s1. The van der Waals surface area contributed by atoms with Crippen LogP contribution in [0.2, 0.25) is 0 Å². The average Bonchev–Trinajstić information content (AvgIpc) is 2.82. The number of hydrogen-bond acceptors (Lipinski definition) is 4. The van der Waals surface area contributed by atoms with Crippen LogP contribution < -0.4 is 5.73 Å². The molecule has 0 bridgehead atoms. The molecule has 1 amide bonds. The summed E-state index contributed by atoms with van der Waals surface area (Å²) in [5.41, 5.74) is 7.15. The number of primary amides is 1. The second-order valence-electron chi connectivity index (χ2n) is 6.63. The van der Waals surface area contributed by atoms with Gasteiger partial charge in [0.25, 0.3) is 5.91 Å². The number of halogens is 1. The molecule has 0 radical (unpaired) electrons. The molecular formula is C19H23FN4O. The molecule has 2 heterocycles. The fourth-order valence-electron chi connectivity index (χ4n) is 3.39. The van der Waals surface area contributed by atoms with E-state index in [0.29, 0.717) is 12.5 Å². The van der Waals surface area contributed by atoms with E-state index >= 15 is 0 Å². The highest BCUT2D eigenvalue weighted by atomic mass is 19.1. The van der Waals surface area contributed by atoms with Gasteiger partial charge in [-0.25, -0.2) is 14.4 Å². The molecule has 3 rings (SSSR count). The van der Waals surface area contributed by atoms with E-state index in [9.17, 15) is 9.18 Å². The topological polar surface area (TPSA) is 72.1 Å². The van der Waals surface area contributed by atoms with Crippen molar-refractivity contribution in [2.75, 3.05) is 13.1 Å². The average molecular weight is 342 g/mol. The lowest BCUT2D eigenvalue weighted by molar-refractivity contribution is 0.0995. The Hall–Kier alpha value is -2.34. The van der Waals surface area contributed by atoms with Crippen molar-refractivity contribution in [2.24, 2.45) is 11.7 Å². The van der Waals surface area contributed by atoms with E-state index in [0.717, 1.165) is 50.0 Å². The molecule has 5 nitrogen and oxygen atoms in total. The van der Waals surface area contributed by atoms with Gasteiger partial charge in [-0.15, -0.1) is 0 Å². The maximum absolute atomic E-state index is 13.8. The second-order valence-corrected chi connectivity index (χ2v) is 6.63. The molecule has 1 aromatic carbocycles. The van der Waals surface area contributed by atoms with Crippen LogP contribution in [0.5, 0.6) is 0 Å². The number of nitrogens with zero attached hydrogens (tertiary/aromatic N) is 3. The SMILES string of the molecule is NC(=O)c1cc(C[C@@H]2CCCN(Cc3ccccc3F)CC2)ncn1. The lowest BCUT2D eigenvalue weighted by atomic mass is 9.95. The normalized spacial score (nSPS) is 18.7. The maximum Gasteiger partial charge on any atom is 0.267 e. The second kappa shape index (κ2) is 8.16. The lowest BCUT2D eigenvalue weighted by Crippen LogP contribution is -2.25. The van der Waals surface area contributed by atoms with Crippen LogP contribution in [0, 0.1) is 11.7 Å². The Bertz CT molecular complexity index is 737. The van der Waals surface area contributed by atoms with Gasteiger partial charge in [0.2, 0.25) is 0 Å². The minimum absolute atomic E-state index is 0.136. The molecule has 1 atom stereocenters. The summed E-state index contributed by atoms with van der Waals surface area (Å²) in [5.74, 6) is -0.162. The zero-order chi connectivity index (χ0) is 17.6. The first-order valence-corrected chi connectivity index (χ1v) is 8.68. The van der Waals surface area contributed by atoms with Gasteiger partial charge in [0.15, 0.2) is 0 Å². The molecule has 1 aliphatic heterocycles. The predicted octanol–water partition coefficient (Wildman–Crippen LogP) is 2.56. The number of aromatic nitrogens is 2. The van der Waals surface area contributed by atoms with Gasteiger partial charge in [0.05, 0.1) is 0 Å². The number of amides is 1. The van der Waals surface area contributed by atoms with Crippen molar-refractivity contribution >= 4 is 5.91 Å². The Balaban J connectivity index is 1.57. The van der Waals surface area contributed by atoms with E-state index in [1.165, 1.54) is 12.4 Å². The highest BCUT2D eigenvalue weighted by molar-refractivity contribution is 5.90. The predicted molar refractivity (Wildman–Crippen MR) is 93.3 cm³/mol. The van der Waals surface area contributed by atoms with Crippen LogP contribution >= 0.6 is 0 Å². The highest BCUT2D eigenvalue weighted by Crippen LogP contribution is 2.22. The van der Waals surface area contributed by atoms with Crippen LogP contribution in [-0.2, 0) is 13.0 Å². The fraction of sp³-hybridized carbons (Fsp3) is 0.421. The Morgan fingerprint density at radius 3 is 2.88 bits per heavy atom. The Morgan fingerprint density at radius 2 is 2.08 bits per heavy atom. The molecule has 25 heavy (non-hydrogen) atoms. The number of carbonyl (C=O) groups excluding carboxylic acids is 1. The molecule has 0 saturated carbocycles. The number of benzene rings is 1. The van der Waals surface area contributed by atoms with Crippen LogP contribution in [0.4, 0.5) is 4.39 Å². The third kappa shape index (κ3) is 4.82. The molecule has 1 aliphatic rings. The molecule has 132 valence electrons. The third-order valence-electron chi connectivity index (χ3n) is 4.77. The number of hydrogen-bond donors (Lipinski definition) is 1. The van der Waals surface area contributed by atoms with Gasteiger partial charge in [-0.1, -0.05) is 18.2 Å². The molecule has 1 fully saturated rings. The molecule has 2 aromatic rings. The monoisotopic (exact) mass is 342 g/mol. The van der Waals surface area contributed by atoms with E-state index in [-0.39, 0.29) is 11.5 Å². The first-order chi connectivity index (χ1) is 12.1. The molecule has 1 aromatic heterocycles. The molecule has 0 unspecified atom stereocenters. The number of likely N-dealkylation sites (tertiary alicyclic amines) is 1. The Morgan fingerprint density at radius 1 is 1.24 bits per heavy atom. The number of rotatable bonds is 5. The first-order valence-electron chi connectivity index (χ1n) is 8.68. The maximum atomic E-state index is 13.8. The van der Waals surface area contributed by atoms with Gasteiger partial charge < -0.3 is 5.73 Å². The van der Waals surface area contributed by atoms with Crippen LogP contribution in [0.3, 0.4) is 0 Å². The fourth-order valence-corrected chi connectivity index (χ4v) is 3.39. The summed E-state index contributed by atoms with van der Waals surface area (Å²) in [5, 5.41) is 0. The molecule has 6 heteroatoms. The molecule has 0 spiro atoms. The van der Waals surface area contributed by atoms with E-state index in [4.69, 9.17) is 5.73 Å². The molecule has 1 saturated heterocycles. The first kappa shape index (κ1) is 17.5. The molecule has 0 aliphatic carbocycles. The Labute approximate surface area is 147 Å². The third-order valence-corrected chi connectivity index (χ3v) is 4.77. The van der Waals surface area contributed by atoms with Gasteiger partial charge in [-0.3, -0.25) is 9.69 Å². The van der Waals surface area contributed by atoms with Gasteiger partial charge in [0.1, 0.15) is 17.8 Å². The zero-order valence-corrected chi connectivity index (χ0v) is 14.2. The minimum atomic E-state index is -0.527. The summed E-state index contributed by atoms with van der Waals surface area (Å²) in [6.45, 7) is 2.56. The van der Waals surface area contributed by atoms with Crippen molar-refractivity contribution in [2.45, 2.75) is 32.2 Å². The summed E-state index contributed by atoms with van der Waals surface area (Å²) >= 11 is 0. The van der Waals surface area contributed by atoms with Crippen LogP contribution in [0.25, 0.3) is 0 Å². The summed E-state index contributed by atoms with van der Waals surface area (Å²) in [7, 11) is 0. The van der Waals surface area contributed by atoms with Gasteiger partial charge in [0, 0.05) is 17.8 Å². The van der Waals surface area contributed by atoms with Gasteiger partial charge in [-0.2, -0.15) is 0 Å². The summed E-state index contributed by atoms with van der Waals surface area (Å²) in [4.78, 5) is 21.7. The molecule has 2 N–H and O–H groups in total. The number of carbonyl (C=O) groups is 1. The van der Waals surface area contributed by atoms with Crippen molar-refractivity contribution in [1.29, 1.82) is 0 Å². The lowest BCUT2D eigenvalue weighted by Gasteiger charge is -2.20. The van der Waals surface area contributed by atoms with Gasteiger partial charge >= 0.3 is 0 Å². The largest absolute Gasteiger partial charge is 0.364 e. The van der Waals surface area contributed by atoms with Crippen molar-refractivity contribution < 1.29 is 9.18 Å². The van der Waals surface area contributed by atoms with E-state index < -0.39 is 5.91 Å². The quantitative estimate of drug-likeness (QED) is 0.906. The smallest absolute Gasteiger partial charge is 0.267 e. The van der Waals surface area contributed by atoms with Crippen molar-refractivity contribution in [3.63, 3.8) is 0 Å². The summed E-state index contributed by atoms with van der Waals surface area (Å²) in [6, 6.07) is 8.65. The number of nitrogens with two attached hydrogens (primary N) is 1. The van der Waals surface area contributed by atoms with Crippen LogP contribution in [0.1, 0.15) is 41.0 Å². The highest BCUT2D eigenvalue weighted by Gasteiger charge is 2.19. The van der Waals surface area contributed by atoms with Crippen molar-refractivity contribution in [3.8, 4) is 0 Å². The Kier molecular flexibility index (Phi) is 5.71. The zero-order valence-electron chi connectivity index (χ0n) is 14.2. The van der Waals surface area contributed by atoms with E-state index in [2.05, 4.69) is 14.9 Å². The van der Waals surface area contributed by atoms with E-state index in [1.54, 1.807) is 12.1 Å². The summed E-state index contributed by atoms with van der Waals surface area (Å²) in [6.07, 6.45) is 5.42. The minimum Gasteiger partial charge on any atom is -0.364 e. The summed E-state index contributed by atoms with van der Waals surface area (Å²) < 4.78 is 13.8. The van der Waals surface area contributed by atoms with Crippen LogP contribution in [0.15, 0.2) is 36.7 Å². The van der Waals surface area contributed by atoms with Crippen molar-refractivity contribution in [1.82, 2.24) is 14.9 Å². The van der Waals surface area contributed by atoms with Crippen LogP contribution in [-0.4, -0.2) is 33.9 Å².